The van der Waals surface area contributed by atoms with Gasteiger partial charge in [-0.15, -0.1) is 0 Å². The van der Waals surface area contributed by atoms with Crippen LogP contribution in [0, 0.1) is 23.3 Å². The molecule has 0 saturated carbocycles. The minimum absolute atomic E-state index is 0.0351. The minimum atomic E-state index is -1.71. The summed E-state index contributed by atoms with van der Waals surface area (Å²) >= 11 is 0. The molecule has 0 aromatic heterocycles. The van der Waals surface area contributed by atoms with Gasteiger partial charge in [0, 0.05) is 11.6 Å². The molecule has 2 aromatic carbocycles. The third kappa shape index (κ3) is 3.89. The number of ether oxygens (including phenoxy) is 1. The maximum atomic E-state index is 13.4. The fraction of sp³-hybridized carbons (Fsp3) is 0.125. The van der Waals surface area contributed by atoms with Gasteiger partial charge in [0.05, 0.1) is 0 Å². The molecule has 2 rings (SSSR count). The quantitative estimate of drug-likeness (QED) is 0.515. The van der Waals surface area contributed by atoms with Crippen LogP contribution in [0.2, 0.25) is 0 Å². The second-order valence-electron chi connectivity index (χ2n) is 4.76. The lowest BCUT2D eigenvalue weighted by atomic mass is 10.1. The summed E-state index contributed by atoms with van der Waals surface area (Å²) < 4.78 is 58.0. The van der Waals surface area contributed by atoms with Gasteiger partial charge < -0.3 is 10.1 Å². The van der Waals surface area contributed by atoms with Gasteiger partial charge in [-0.25, -0.2) is 17.6 Å². The third-order valence-electron chi connectivity index (χ3n) is 3.01. The molecule has 8 heteroatoms. The first kappa shape index (κ1) is 17.5. The molecule has 1 N–H and O–H groups in total. The number of Topliss-reactive ketones (excluding diaryl/α,β-unsaturated/α-hetero) is 1. The largest absolute Gasteiger partial charge is 0.484 e. The SMILES string of the molecule is CC(=O)c1ccc(OCC(=O)Nc2c(F)c(F)cc(F)c2F)cc1. The number of rotatable bonds is 5. The van der Waals surface area contributed by atoms with Crippen LogP contribution in [0.15, 0.2) is 30.3 Å². The van der Waals surface area contributed by atoms with E-state index in [-0.39, 0.29) is 17.6 Å². The average molecular weight is 341 g/mol. The van der Waals surface area contributed by atoms with Crippen LogP contribution in [0.1, 0.15) is 17.3 Å². The van der Waals surface area contributed by atoms with Crippen molar-refractivity contribution in [3.63, 3.8) is 0 Å². The highest BCUT2D eigenvalue weighted by Crippen LogP contribution is 2.24. The lowest BCUT2D eigenvalue weighted by Gasteiger charge is -2.10. The first-order valence-electron chi connectivity index (χ1n) is 6.66. The molecule has 0 aliphatic carbocycles. The van der Waals surface area contributed by atoms with Crippen molar-refractivity contribution in [2.45, 2.75) is 6.92 Å². The van der Waals surface area contributed by atoms with Crippen LogP contribution in [0.3, 0.4) is 0 Å². The van der Waals surface area contributed by atoms with E-state index in [0.29, 0.717) is 5.56 Å². The van der Waals surface area contributed by atoms with Gasteiger partial charge in [0.1, 0.15) is 11.4 Å². The van der Waals surface area contributed by atoms with E-state index in [9.17, 15) is 27.2 Å². The van der Waals surface area contributed by atoms with E-state index in [1.165, 1.54) is 31.2 Å². The highest BCUT2D eigenvalue weighted by Gasteiger charge is 2.21. The summed E-state index contributed by atoms with van der Waals surface area (Å²) in [7, 11) is 0. The average Bonchev–Trinajstić information content (AvgIpc) is 2.55. The Balaban J connectivity index is 2.03. The smallest absolute Gasteiger partial charge is 0.262 e. The number of amides is 1. The van der Waals surface area contributed by atoms with Crippen molar-refractivity contribution in [2.24, 2.45) is 0 Å². The summed E-state index contributed by atoms with van der Waals surface area (Å²) in [5.74, 6) is -7.65. The van der Waals surface area contributed by atoms with E-state index in [4.69, 9.17) is 4.74 Å². The van der Waals surface area contributed by atoms with E-state index < -0.39 is 41.5 Å². The summed E-state index contributed by atoms with van der Waals surface area (Å²) in [6, 6.07) is 5.82. The molecule has 0 fully saturated rings. The Morgan fingerprint density at radius 1 is 1.00 bits per heavy atom. The number of hydrogen-bond donors (Lipinski definition) is 1. The standard InChI is InChI=1S/C16H11F4NO3/c1-8(22)9-2-4-10(5-3-9)24-7-13(23)21-16-14(19)11(17)6-12(18)15(16)20/h2-6H,7H2,1H3,(H,21,23). The number of carbonyl (C=O) groups is 2. The summed E-state index contributed by atoms with van der Waals surface area (Å²) in [5, 5.41) is 1.71. The van der Waals surface area contributed by atoms with Crippen LogP contribution >= 0.6 is 0 Å². The first-order valence-corrected chi connectivity index (χ1v) is 6.66. The molecule has 2 aromatic rings. The van der Waals surface area contributed by atoms with Crippen LogP contribution < -0.4 is 10.1 Å². The van der Waals surface area contributed by atoms with E-state index >= 15 is 0 Å². The van der Waals surface area contributed by atoms with Crippen molar-refractivity contribution >= 4 is 17.4 Å². The van der Waals surface area contributed by atoms with Crippen LogP contribution in [0.4, 0.5) is 23.2 Å². The zero-order chi connectivity index (χ0) is 17.9. The van der Waals surface area contributed by atoms with Gasteiger partial charge in [0.25, 0.3) is 5.91 Å². The Hall–Kier alpha value is -2.90. The van der Waals surface area contributed by atoms with Crippen LogP contribution in [0.5, 0.6) is 5.75 Å². The predicted molar refractivity (Wildman–Crippen MR) is 76.8 cm³/mol. The van der Waals surface area contributed by atoms with Crippen LogP contribution in [-0.2, 0) is 4.79 Å². The molecule has 4 nitrogen and oxygen atoms in total. The second-order valence-corrected chi connectivity index (χ2v) is 4.76. The molecule has 1 amide bonds. The summed E-state index contributed by atoms with van der Waals surface area (Å²) in [5.41, 5.74) is -0.792. The molecule has 0 aliphatic rings. The zero-order valence-electron chi connectivity index (χ0n) is 12.3. The zero-order valence-corrected chi connectivity index (χ0v) is 12.3. The number of benzene rings is 2. The monoisotopic (exact) mass is 341 g/mol. The van der Waals surface area contributed by atoms with Gasteiger partial charge in [-0.3, -0.25) is 9.59 Å². The number of nitrogens with one attached hydrogen (secondary N) is 1. The topological polar surface area (TPSA) is 55.4 Å². The number of ketones is 1. The molecule has 0 unspecified atom stereocenters. The van der Waals surface area contributed by atoms with E-state index in [2.05, 4.69) is 0 Å². The maximum Gasteiger partial charge on any atom is 0.262 e. The lowest BCUT2D eigenvalue weighted by Crippen LogP contribution is -2.22. The number of anilines is 1. The van der Waals surface area contributed by atoms with E-state index in [1.54, 1.807) is 5.32 Å². The Labute approximate surface area is 134 Å². The van der Waals surface area contributed by atoms with Gasteiger partial charge >= 0.3 is 0 Å². The second kappa shape index (κ2) is 7.12. The Morgan fingerprint density at radius 2 is 1.54 bits per heavy atom. The molecule has 24 heavy (non-hydrogen) atoms. The van der Waals surface area contributed by atoms with Crippen molar-refractivity contribution in [1.29, 1.82) is 0 Å². The van der Waals surface area contributed by atoms with Crippen molar-refractivity contribution in [3.05, 3.63) is 59.2 Å². The maximum absolute atomic E-state index is 13.4. The fourth-order valence-electron chi connectivity index (χ4n) is 1.79. The van der Waals surface area contributed by atoms with Crippen molar-refractivity contribution in [3.8, 4) is 5.75 Å². The van der Waals surface area contributed by atoms with Crippen molar-refractivity contribution in [2.75, 3.05) is 11.9 Å². The Bertz CT molecular complexity index is 765. The van der Waals surface area contributed by atoms with Gasteiger partial charge in [-0.05, 0) is 31.2 Å². The fourth-order valence-corrected chi connectivity index (χ4v) is 1.79. The third-order valence-corrected chi connectivity index (χ3v) is 3.01. The Kier molecular flexibility index (Phi) is 5.18. The van der Waals surface area contributed by atoms with Gasteiger partial charge in [0.2, 0.25) is 0 Å². The molecular formula is C16H11F4NO3. The predicted octanol–water partition coefficient (Wildman–Crippen LogP) is 3.46. The van der Waals surface area contributed by atoms with E-state index in [0.717, 1.165) is 0 Å². The molecule has 0 saturated heterocycles. The van der Waals surface area contributed by atoms with Crippen molar-refractivity contribution < 1.29 is 31.9 Å². The Morgan fingerprint density at radius 3 is 2.04 bits per heavy atom. The highest BCUT2D eigenvalue weighted by atomic mass is 19.2. The number of hydrogen-bond acceptors (Lipinski definition) is 3. The molecule has 0 atom stereocenters. The highest BCUT2D eigenvalue weighted by molar-refractivity contribution is 5.94. The first-order chi connectivity index (χ1) is 11.3. The summed E-state index contributed by atoms with van der Waals surface area (Å²) in [6.07, 6.45) is 0. The molecule has 0 heterocycles. The molecule has 126 valence electrons. The van der Waals surface area contributed by atoms with Crippen molar-refractivity contribution in [1.82, 2.24) is 0 Å². The molecular weight excluding hydrogens is 330 g/mol. The van der Waals surface area contributed by atoms with Crippen LogP contribution in [-0.4, -0.2) is 18.3 Å². The number of halogens is 4. The van der Waals surface area contributed by atoms with Gasteiger partial charge in [0.15, 0.2) is 35.7 Å². The van der Waals surface area contributed by atoms with Crippen LogP contribution in [0.25, 0.3) is 0 Å². The minimum Gasteiger partial charge on any atom is -0.484 e. The molecule has 0 aliphatic heterocycles. The number of carbonyl (C=O) groups excluding carboxylic acids is 2. The molecule has 0 spiro atoms. The van der Waals surface area contributed by atoms with Gasteiger partial charge in [-0.1, -0.05) is 0 Å². The van der Waals surface area contributed by atoms with Gasteiger partial charge in [-0.2, -0.15) is 0 Å². The molecule has 0 radical (unpaired) electrons. The summed E-state index contributed by atoms with van der Waals surface area (Å²) in [4.78, 5) is 22.7. The van der Waals surface area contributed by atoms with E-state index in [1.807, 2.05) is 0 Å². The lowest BCUT2D eigenvalue weighted by molar-refractivity contribution is -0.118. The normalized spacial score (nSPS) is 10.4. The molecule has 0 bridgehead atoms. The summed E-state index contributed by atoms with van der Waals surface area (Å²) in [6.45, 7) is 0.723.